The summed E-state index contributed by atoms with van der Waals surface area (Å²) in [6.45, 7) is 1.73. The molecule has 0 fully saturated rings. The zero-order valence-corrected chi connectivity index (χ0v) is 14.4. The highest BCUT2D eigenvalue weighted by Crippen LogP contribution is 2.25. The fraction of sp³-hybridized carbons (Fsp3) is 0.250. The molecule has 0 unspecified atom stereocenters. The van der Waals surface area contributed by atoms with Gasteiger partial charge in [0.1, 0.15) is 5.65 Å². The molecular weight excluding hydrogens is 296 g/mol. The number of rotatable bonds is 3. The molecule has 2 heterocycles. The lowest BCUT2D eigenvalue weighted by Gasteiger charge is -2.10. The van der Waals surface area contributed by atoms with Crippen LogP contribution in [0.5, 0.6) is 0 Å². The molecule has 0 atom stereocenters. The molecule has 24 heavy (non-hydrogen) atoms. The van der Waals surface area contributed by atoms with Crippen molar-refractivity contribution in [2.45, 2.75) is 0 Å². The fourth-order valence-electron chi connectivity index (χ4n) is 3.37. The van der Waals surface area contributed by atoms with E-state index in [4.69, 9.17) is 4.99 Å². The van der Waals surface area contributed by atoms with Crippen LogP contribution in [0.3, 0.4) is 0 Å². The van der Waals surface area contributed by atoms with Crippen molar-refractivity contribution in [1.29, 1.82) is 0 Å². The summed E-state index contributed by atoms with van der Waals surface area (Å²) < 4.78 is 2.23. The average molecular weight is 318 g/mol. The molecule has 122 valence electrons. The van der Waals surface area contributed by atoms with Gasteiger partial charge in [-0.1, -0.05) is 36.4 Å². The third-order valence-electron chi connectivity index (χ3n) is 4.60. The van der Waals surface area contributed by atoms with Crippen molar-refractivity contribution in [3.63, 3.8) is 0 Å². The minimum Gasteiger partial charge on any atom is -0.341 e. The van der Waals surface area contributed by atoms with E-state index in [-0.39, 0.29) is 0 Å². The van der Waals surface area contributed by atoms with Crippen molar-refractivity contribution in [3.05, 3.63) is 53.9 Å². The van der Waals surface area contributed by atoms with Gasteiger partial charge in [-0.3, -0.25) is 4.99 Å². The molecule has 1 N–H and O–H groups in total. The van der Waals surface area contributed by atoms with E-state index in [9.17, 15) is 0 Å². The molecule has 0 radical (unpaired) electrons. The number of fused-ring (bicyclic) bond motifs is 4. The second-order valence-electron chi connectivity index (χ2n) is 6.50. The Morgan fingerprint density at radius 3 is 2.50 bits per heavy atom. The first-order chi connectivity index (χ1) is 11.7. The molecule has 0 saturated carbocycles. The van der Waals surface area contributed by atoms with E-state index in [1.165, 1.54) is 21.7 Å². The van der Waals surface area contributed by atoms with Crippen LogP contribution in [-0.2, 0) is 7.05 Å². The smallest absolute Gasteiger partial charge is 0.120 e. The van der Waals surface area contributed by atoms with Crippen LogP contribution in [-0.4, -0.2) is 41.6 Å². The van der Waals surface area contributed by atoms with Gasteiger partial charge in [-0.25, -0.2) is 0 Å². The number of hydrogen-bond donors (Lipinski definition) is 1. The van der Waals surface area contributed by atoms with Crippen LogP contribution >= 0.6 is 0 Å². The lowest BCUT2D eigenvalue weighted by molar-refractivity contribution is 0.419. The highest BCUT2D eigenvalue weighted by atomic mass is 15.1. The monoisotopic (exact) mass is 318 g/mol. The van der Waals surface area contributed by atoms with Crippen molar-refractivity contribution in [2.75, 3.05) is 27.2 Å². The van der Waals surface area contributed by atoms with Crippen LogP contribution in [0.25, 0.3) is 32.8 Å². The van der Waals surface area contributed by atoms with Crippen LogP contribution < -0.4 is 5.36 Å². The number of para-hydroxylation sites is 2. The Balaban J connectivity index is 2.17. The highest BCUT2D eigenvalue weighted by molar-refractivity contribution is 6.09. The zero-order valence-electron chi connectivity index (χ0n) is 14.4. The van der Waals surface area contributed by atoms with E-state index < -0.39 is 0 Å². The number of nitrogens with one attached hydrogen (secondary N) is 1. The minimum absolute atomic E-state index is 0.791. The third-order valence-corrected chi connectivity index (χ3v) is 4.60. The van der Waals surface area contributed by atoms with E-state index >= 15 is 0 Å². The van der Waals surface area contributed by atoms with Crippen LogP contribution in [0.2, 0.25) is 0 Å². The van der Waals surface area contributed by atoms with Crippen molar-refractivity contribution >= 4 is 32.8 Å². The Kier molecular flexibility index (Phi) is 3.62. The summed E-state index contributed by atoms with van der Waals surface area (Å²) in [6.07, 6.45) is 0. The predicted octanol–water partition coefficient (Wildman–Crippen LogP) is 3.28. The Bertz CT molecular complexity index is 1100. The van der Waals surface area contributed by atoms with Crippen molar-refractivity contribution < 1.29 is 0 Å². The summed E-state index contributed by atoms with van der Waals surface area (Å²) in [7, 11) is 6.28. The topological polar surface area (TPSA) is 36.3 Å². The van der Waals surface area contributed by atoms with Gasteiger partial charge < -0.3 is 14.5 Å². The Morgan fingerprint density at radius 1 is 1.00 bits per heavy atom. The fourth-order valence-corrected chi connectivity index (χ4v) is 3.37. The van der Waals surface area contributed by atoms with Crippen LogP contribution in [0.1, 0.15) is 0 Å². The van der Waals surface area contributed by atoms with Gasteiger partial charge in [0.2, 0.25) is 0 Å². The summed E-state index contributed by atoms with van der Waals surface area (Å²) in [5, 5.41) is 4.75. The summed E-state index contributed by atoms with van der Waals surface area (Å²) >= 11 is 0. The summed E-state index contributed by atoms with van der Waals surface area (Å²) in [5.74, 6) is 0. The van der Waals surface area contributed by atoms with Crippen molar-refractivity contribution in [3.8, 4) is 0 Å². The SMILES string of the molecule is CN(C)CCN=c1c2ccccc2n(C)c2[nH]c3ccccc3c12. The number of aromatic nitrogens is 2. The number of aromatic amines is 1. The zero-order chi connectivity index (χ0) is 16.7. The van der Waals surface area contributed by atoms with E-state index in [1.807, 2.05) is 0 Å². The van der Waals surface area contributed by atoms with Crippen LogP contribution in [0.15, 0.2) is 53.5 Å². The van der Waals surface area contributed by atoms with Gasteiger partial charge in [0.05, 0.1) is 22.8 Å². The number of hydrogen-bond acceptors (Lipinski definition) is 2. The van der Waals surface area contributed by atoms with Gasteiger partial charge in [-0.2, -0.15) is 0 Å². The molecule has 2 aromatic carbocycles. The number of pyridine rings is 1. The standard InChI is InChI=1S/C20H22N4/c1-23(2)13-12-21-19-15-9-5-7-11-17(15)24(3)20-18(19)14-8-4-6-10-16(14)22-20/h4-11,22H,12-13H2,1-3H3. The van der Waals surface area contributed by atoms with Gasteiger partial charge in [-0.05, 0) is 26.2 Å². The lowest BCUT2D eigenvalue weighted by Crippen LogP contribution is -2.18. The van der Waals surface area contributed by atoms with Gasteiger partial charge in [0.25, 0.3) is 0 Å². The van der Waals surface area contributed by atoms with E-state index in [0.29, 0.717) is 0 Å². The van der Waals surface area contributed by atoms with E-state index in [2.05, 4.69) is 84.1 Å². The number of nitrogens with zero attached hydrogens (tertiary/aromatic N) is 3. The van der Waals surface area contributed by atoms with Gasteiger partial charge in [-0.15, -0.1) is 0 Å². The molecule has 0 bridgehead atoms. The molecule has 0 aliphatic heterocycles. The maximum Gasteiger partial charge on any atom is 0.120 e. The number of H-pyrrole nitrogens is 1. The molecule has 0 amide bonds. The van der Waals surface area contributed by atoms with E-state index in [0.717, 1.165) is 29.6 Å². The number of aryl methyl sites for hydroxylation is 1. The number of likely N-dealkylation sites (N-methyl/N-ethyl adjacent to an activating group) is 1. The molecule has 4 aromatic rings. The molecule has 4 rings (SSSR count). The average Bonchev–Trinajstić information content (AvgIpc) is 2.97. The maximum atomic E-state index is 4.99. The summed E-state index contributed by atoms with van der Waals surface area (Å²) in [5.41, 5.74) is 3.47. The molecule has 0 saturated heterocycles. The Labute approximate surface area is 141 Å². The van der Waals surface area contributed by atoms with E-state index in [1.54, 1.807) is 0 Å². The van der Waals surface area contributed by atoms with Crippen LogP contribution in [0, 0.1) is 0 Å². The first-order valence-electron chi connectivity index (χ1n) is 8.30. The third kappa shape index (κ3) is 2.31. The van der Waals surface area contributed by atoms with Crippen LogP contribution in [0.4, 0.5) is 0 Å². The summed E-state index contributed by atoms with van der Waals surface area (Å²) in [6, 6.07) is 17.0. The largest absolute Gasteiger partial charge is 0.341 e. The molecule has 2 aromatic heterocycles. The predicted molar refractivity (Wildman–Crippen MR) is 101 cm³/mol. The highest BCUT2D eigenvalue weighted by Gasteiger charge is 2.12. The first kappa shape index (κ1) is 15.0. The Morgan fingerprint density at radius 2 is 1.71 bits per heavy atom. The van der Waals surface area contributed by atoms with Gasteiger partial charge in [0, 0.05) is 29.9 Å². The van der Waals surface area contributed by atoms with Gasteiger partial charge >= 0.3 is 0 Å². The first-order valence-corrected chi connectivity index (χ1v) is 8.30. The Hall–Kier alpha value is -2.59. The molecule has 0 aliphatic carbocycles. The van der Waals surface area contributed by atoms with Crippen molar-refractivity contribution in [1.82, 2.24) is 14.5 Å². The quantitative estimate of drug-likeness (QED) is 0.618. The second kappa shape index (κ2) is 5.80. The lowest BCUT2D eigenvalue weighted by atomic mass is 10.1. The minimum atomic E-state index is 0.791. The maximum absolute atomic E-state index is 4.99. The molecule has 4 heteroatoms. The second-order valence-corrected chi connectivity index (χ2v) is 6.50. The molecule has 0 aliphatic rings. The molecular formula is C20H22N4. The number of benzene rings is 2. The molecule has 4 nitrogen and oxygen atoms in total. The van der Waals surface area contributed by atoms with Gasteiger partial charge in [0.15, 0.2) is 0 Å². The molecule has 0 spiro atoms. The summed E-state index contributed by atoms with van der Waals surface area (Å²) in [4.78, 5) is 10.7. The van der Waals surface area contributed by atoms with Crippen molar-refractivity contribution in [2.24, 2.45) is 12.0 Å². The normalized spacial score (nSPS) is 12.9.